The van der Waals surface area contributed by atoms with E-state index in [4.69, 9.17) is 9.47 Å². The van der Waals surface area contributed by atoms with Gasteiger partial charge in [0.05, 0.1) is 13.2 Å². The first-order valence-electron chi connectivity index (χ1n) is 10.1. The zero-order chi connectivity index (χ0) is 18.3. The molecule has 25 heavy (non-hydrogen) atoms. The monoisotopic (exact) mass is 358 g/mol. The Morgan fingerprint density at radius 2 is 1.64 bits per heavy atom. The van der Waals surface area contributed by atoms with Crippen molar-refractivity contribution in [2.45, 2.75) is 95.5 Å². The molecule has 0 aromatic carbocycles. The van der Waals surface area contributed by atoms with Crippen molar-refractivity contribution >= 4 is 0 Å². The van der Waals surface area contributed by atoms with Crippen LogP contribution < -0.4 is 0 Å². The normalized spacial score (nSPS) is 25.0. The van der Waals surface area contributed by atoms with Crippen molar-refractivity contribution < 1.29 is 24.8 Å². The fraction of sp³-hybridized carbons (Fsp3) is 0.900. The highest BCUT2D eigenvalue weighted by molar-refractivity contribution is 4.88. The molecule has 0 bridgehead atoms. The lowest BCUT2D eigenvalue weighted by atomic mass is 10.1. The van der Waals surface area contributed by atoms with Gasteiger partial charge in [0, 0.05) is 6.61 Å². The minimum Gasteiger partial charge on any atom is -0.394 e. The molecule has 4 atom stereocenters. The van der Waals surface area contributed by atoms with Gasteiger partial charge in [0.2, 0.25) is 0 Å². The quantitative estimate of drug-likeness (QED) is 0.310. The number of allylic oxidation sites excluding steroid dienone is 2. The van der Waals surface area contributed by atoms with Crippen LogP contribution in [0.15, 0.2) is 12.2 Å². The first-order valence-corrected chi connectivity index (χ1v) is 10.1. The van der Waals surface area contributed by atoms with Crippen LogP contribution in [0.5, 0.6) is 0 Å². The molecule has 0 radical (unpaired) electrons. The third kappa shape index (κ3) is 9.71. The molecule has 0 saturated carbocycles. The highest BCUT2D eigenvalue weighted by Crippen LogP contribution is 2.20. The number of hydrogen-bond acceptors (Lipinski definition) is 5. The molecule has 0 aliphatic carbocycles. The van der Waals surface area contributed by atoms with Crippen molar-refractivity contribution in [3.05, 3.63) is 12.2 Å². The number of rotatable bonds is 15. The number of aliphatic hydroxyl groups excluding tert-OH is 3. The second-order valence-electron chi connectivity index (χ2n) is 6.97. The van der Waals surface area contributed by atoms with E-state index in [0.29, 0.717) is 6.61 Å². The highest BCUT2D eigenvalue weighted by Gasteiger charge is 2.40. The number of hydrogen-bond donors (Lipinski definition) is 3. The summed E-state index contributed by atoms with van der Waals surface area (Å²) in [6, 6.07) is 0. The summed E-state index contributed by atoms with van der Waals surface area (Å²) in [7, 11) is 0. The summed E-state index contributed by atoms with van der Waals surface area (Å²) in [5.74, 6) is 0. The van der Waals surface area contributed by atoms with Gasteiger partial charge in [0.25, 0.3) is 0 Å². The average Bonchev–Trinajstić information content (AvgIpc) is 2.95. The Morgan fingerprint density at radius 1 is 1.00 bits per heavy atom. The lowest BCUT2D eigenvalue weighted by Gasteiger charge is -2.24. The van der Waals surface area contributed by atoms with Crippen molar-refractivity contribution in [2.75, 3.05) is 19.8 Å². The van der Waals surface area contributed by atoms with Crippen molar-refractivity contribution in [1.82, 2.24) is 0 Å². The fourth-order valence-electron chi connectivity index (χ4n) is 3.09. The van der Waals surface area contributed by atoms with Crippen molar-refractivity contribution in [3.8, 4) is 0 Å². The summed E-state index contributed by atoms with van der Waals surface area (Å²) in [6.45, 7) is 2.65. The molecule has 1 saturated heterocycles. The average molecular weight is 359 g/mol. The van der Waals surface area contributed by atoms with Crippen molar-refractivity contribution in [3.63, 3.8) is 0 Å². The molecule has 0 amide bonds. The maximum atomic E-state index is 9.79. The Morgan fingerprint density at radius 3 is 2.24 bits per heavy atom. The second-order valence-corrected chi connectivity index (χ2v) is 6.97. The van der Waals surface area contributed by atoms with E-state index in [1.807, 2.05) is 0 Å². The Bertz CT molecular complexity index is 334. The van der Waals surface area contributed by atoms with E-state index in [1.54, 1.807) is 0 Å². The molecule has 0 unspecified atom stereocenters. The van der Waals surface area contributed by atoms with Gasteiger partial charge in [0.15, 0.2) is 0 Å². The van der Waals surface area contributed by atoms with E-state index >= 15 is 0 Å². The summed E-state index contributed by atoms with van der Waals surface area (Å²) in [4.78, 5) is 0. The van der Waals surface area contributed by atoms with E-state index in [0.717, 1.165) is 12.8 Å². The molecule has 1 heterocycles. The molecule has 148 valence electrons. The summed E-state index contributed by atoms with van der Waals surface area (Å²) in [6.07, 6.45) is 13.6. The van der Waals surface area contributed by atoms with Crippen LogP contribution in [0.2, 0.25) is 0 Å². The molecule has 5 heteroatoms. The molecular formula is C20H38O5. The van der Waals surface area contributed by atoms with Crippen molar-refractivity contribution in [2.24, 2.45) is 0 Å². The first-order chi connectivity index (χ1) is 12.2. The highest BCUT2D eigenvalue weighted by atomic mass is 16.6. The predicted octanol–water partition coefficient (Wildman–Crippen LogP) is 2.96. The van der Waals surface area contributed by atoms with E-state index < -0.39 is 24.4 Å². The van der Waals surface area contributed by atoms with Crippen LogP contribution in [-0.2, 0) is 9.47 Å². The summed E-state index contributed by atoms with van der Waals surface area (Å²) in [5.41, 5.74) is 0. The van der Waals surface area contributed by atoms with Crippen LogP contribution in [0.1, 0.15) is 71.1 Å². The van der Waals surface area contributed by atoms with Crippen molar-refractivity contribution in [1.29, 1.82) is 0 Å². The molecule has 1 aliphatic heterocycles. The summed E-state index contributed by atoms with van der Waals surface area (Å²) < 4.78 is 10.9. The summed E-state index contributed by atoms with van der Waals surface area (Å²) in [5, 5.41) is 28.7. The third-order valence-electron chi connectivity index (χ3n) is 4.71. The Kier molecular flexibility index (Phi) is 13.3. The third-order valence-corrected chi connectivity index (χ3v) is 4.71. The standard InChI is InChI=1S/C20H38O5/c1-2-3-4-5-6-7-8-9-10-11-12-13-14-24-18(15-21)20-19(23)17(22)16-25-20/h4-5,17-23H,2-3,6-16H2,1H3/b5-4+/t17-,18+,19-,20-/m0/s1. The molecule has 0 spiro atoms. The Balaban J connectivity index is 1.92. The maximum Gasteiger partial charge on any atom is 0.114 e. The Hall–Kier alpha value is -0.460. The van der Waals surface area contributed by atoms with E-state index in [2.05, 4.69) is 19.1 Å². The van der Waals surface area contributed by atoms with Crippen LogP contribution in [0.25, 0.3) is 0 Å². The van der Waals surface area contributed by atoms with Crippen LogP contribution in [0.4, 0.5) is 0 Å². The van der Waals surface area contributed by atoms with Gasteiger partial charge in [-0.15, -0.1) is 0 Å². The second kappa shape index (κ2) is 14.7. The van der Waals surface area contributed by atoms with Gasteiger partial charge in [0.1, 0.15) is 24.4 Å². The van der Waals surface area contributed by atoms with Gasteiger partial charge in [-0.05, 0) is 25.7 Å². The van der Waals surface area contributed by atoms with Gasteiger partial charge in [-0.2, -0.15) is 0 Å². The van der Waals surface area contributed by atoms with E-state index in [1.165, 1.54) is 51.4 Å². The van der Waals surface area contributed by atoms with Crippen LogP contribution in [0, 0.1) is 0 Å². The maximum absolute atomic E-state index is 9.79. The zero-order valence-electron chi connectivity index (χ0n) is 15.8. The van der Waals surface area contributed by atoms with Gasteiger partial charge in [-0.25, -0.2) is 0 Å². The SMILES string of the molecule is CCC/C=C/CCCCCCCCCO[C@H](CO)[C@@H]1OC[C@H](O)[C@@H]1O. The first kappa shape index (κ1) is 22.6. The molecule has 1 fully saturated rings. The van der Waals surface area contributed by atoms with E-state index in [9.17, 15) is 15.3 Å². The minimum absolute atomic E-state index is 0.0973. The smallest absolute Gasteiger partial charge is 0.114 e. The largest absolute Gasteiger partial charge is 0.394 e. The molecule has 5 nitrogen and oxygen atoms in total. The molecule has 1 rings (SSSR count). The lowest BCUT2D eigenvalue weighted by molar-refractivity contribution is -0.101. The topological polar surface area (TPSA) is 79.2 Å². The van der Waals surface area contributed by atoms with Gasteiger partial charge < -0.3 is 24.8 Å². The van der Waals surface area contributed by atoms with Crippen LogP contribution in [0.3, 0.4) is 0 Å². The minimum atomic E-state index is -0.978. The number of unbranched alkanes of at least 4 members (excludes halogenated alkanes) is 8. The van der Waals surface area contributed by atoms with Crippen LogP contribution in [-0.4, -0.2) is 59.6 Å². The number of aliphatic hydroxyl groups is 3. The molecule has 0 aromatic heterocycles. The predicted molar refractivity (Wildman–Crippen MR) is 99.6 cm³/mol. The van der Waals surface area contributed by atoms with Crippen LogP contribution >= 0.6 is 0 Å². The zero-order valence-corrected chi connectivity index (χ0v) is 15.8. The summed E-state index contributed by atoms with van der Waals surface area (Å²) >= 11 is 0. The van der Waals surface area contributed by atoms with Gasteiger partial charge in [-0.3, -0.25) is 0 Å². The number of ether oxygens (including phenoxy) is 2. The Labute approximate surface area is 153 Å². The van der Waals surface area contributed by atoms with E-state index in [-0.39, 0.29) is 13.2 Å². The van der Waals surface area contributed by atoms with Gasteiger partial charge in [-0.1, -0.05) is 57.6 Å². The van der Waals surface area contributed by atoms with Gasteiger partial charge >= 0.3 is 0 Å². The molecular weight excluding hydrogens is 320 g/mol. The lowest BCUT2D eigenvalue weighted by Crippen LogP contribution is -2.42. The molecule has 1 aliphatic rings. The molecule has 0 aromatic rings. The fourth-order valence-corrected chi connectivity index (χ4v) is 3.09. The molecule has 3 N–H and O–H groups in total.